The molecule has 1 atom stereocenters. The summed E-state index contributed by atoms with van der Waals surface area (Å²) in [5.41, 5.74) is 0.858. The van der Waals surface area contributed by atoms with Crippen LogP contribution in [-0.2, 0) is 10.0 Å². The molecule has 2 rings (SSSR count). The third kappa shape index (κ3) is 2.52. The minimum atomic E-state index is -3.77. The van der Waals surface area contributed by atoms with Gasteiger partial charge < -0.3 is 5.32 Å². The Hall–Kier alpha value is -1.93. The number of benzene rings is 1. The van der Waals surface area contributed by atoms with Gasteiger partial charge in [-0.3, -0.25) is 0 Å². The number of hydrogen-bond donors (Lipinski definition) is 1. The van der Waals surface area contributed by atoms with Gasteiger partial charge >= 0.3 is 0 Å². The summed E-state index contributed by atoms with van der Waals surface area (Å²) >= 11 is 0. The molecule has 104 valence electrons. The highest BCUT2D eigenvalue weighted by atomic mass is 32.2. The van der Waals surface area contributed by atoms with Crippen molar-refractivity contribution in [2.45, 2.75) is 17.9 Å². The van der Waals surface area contributed by atoms with Crippen molar-refractivity contribution in [3.63, 3.8) is 0 Å². The zero-order valence-corrected chi connectivity index (χ0v) is 11.8. The zero-order chi connectivity index (χ0) is 14.8. The van der Waals surface area contributed by atoms with Crippen molar-refractivity contribution in [3.05, 3.63) is 29.3 Å². The molecule has 1 aromatic carbocycles. The Balaban J connectivity index is 2.50. The first-order chi connectivity index (χ1) is 9.50. The largest absolute Gasteiger partial charge is 0.313 e. The number of piperazine rings is 1. The minimum Gasteiger partial charge on any atom is -0.313 e. The SMILES string of the molecule is Cc1ccc(C#N)cc1S(=O)(=O)N1CCNCC1C#N. The number of nitrogens with zero attached hydrogens (tertiary/aromatic N) is 3. The molecular weight excluding hydrogens is 276 g/mol. The molecule has 0 aromatic heterocycles. The van der Waals surface area contributed by atoms with Crippen LogP contribution in [0.2, 0.25) is 0 Å². The van der Waals surface area contributed by atoms with Crippen LogP contribution in [0, 0.1) is 29.6 Å². The van der Waals surface area contributed by atoms with Crippen LogP contribution < -0.4 is 5.32 Å². The fourth-order valence-corrected chi connectivity index (χ4v) is 3.95. The monoisotopic (exact) mass is 290 g/mol. The fraction of sp³-hybridized carbons (Fsp3) is 0.385. The highest BCUT2D eigenvalue weighted by molar-refractivity contribution is 7.89. The van der Waals surface area contributed by atoms with Crippen LogP contribution in [0.4, 0.5) is 0 Å². The van der Waals surface area contributed by atoms with E-state index in [-0.39, 0.29) is 17.0 Å². The van der Waals surface area contributed by atoms with Crippen LogP contribution in [0.3, 0.4) is 0 Å². The molecule has 0 bridgehead atoms. The van der Waals surface area contributed by atoms with E-state index in [0.29, 0.717) is 18.7 Å². The van der Waals surface area contributed by atoms with Crippen molar-refractivity contribution < 1.29 is 8.42 Å². The van der Waals surface area contributed by atoms with Crippen LogP contribution >= 0.6 is 0 Å². The molecule has 1 aliphatic heterocycles. The van der Waals surface area contributed by atoms with Gasteiger partial charge in [0.2, 0.25) is 10.0 Å². The number of hydrogen-bond acceptors (Lipinski definition) is 5. The van der Waals surface area contributed by atoms with Gasteiger partial charge in [-0.05, 0) is 24.6 Å². The molecule has 0 radical (unpaired) electrons. The van der Waals surface area contributed by atoms with Crippen molar-refractivity contribution in [1.82, 2.24) is 9.62 Å². The lowest BCUT2D eigenvalue weighted by atomic mass is 10.2. The molecule has 1 unspecified atom stereocenters. The summed E-state index contributed by atoms with van der Waals surface area (Å²) in [6.07, 6.45) is 0. The maximum atomic E-state index is 12.7. The van der Waals surface area contributed by atoms with E-state index in [1.165, 1.54) is 10.4 Å². The summed E-state index contributed by atoms with van der Waals surface area (Å²) < 4.78 is 26.6. The molecule has 1 aliphatic rings. The summed E-state index contributed by atoms with van der Waals surface area (Å²) in [6.45, 7) is 2.75. The van der Waals surface area contributed by atoms with E-state index in [1.807, 2.05) is 12.1 Å². The predicted molar refractivity (Wildman–Crippen MR) is 72.1 cm³/mol. The third-order valence-electron chi connectivity index (χ3n) is 3.25. The van der Waals surface area contributed by atoms with Crippen molar-refractivity contribution >= 4 is 10.0 Å². The molecule has 1 aromatic rings. The Morgan fingerprint density at radius 3 is 2.80 bits per heavy atom. The van der Waals surface area contributed by atoms with E-state index in [2.05, 4.69) is 5.32 Å². The topological polar surface area (TPSA) is 97.0 Å². The molecule has 7 heteroatoms. The molecule has 0 saturated carbocycles. The van der Waals surface area contributed by atoms with Crippen molar-refractivity contribution in [1.29, 1.82) is 10.5 Å². The summed E-state index contributed by atoms with van der Waals surface area (Å²) in [5.74, 6) is 0. The Morgan fingerprint density at radius 2 is 2.15 bits per heavy atom. The van der Waals surface area contributed by atoms with E-state index in [9.17, 15) is 8.42 Å². The van der Waals surface area contributed by atoms with E-state index in [0.717, 1.165) is 0 Å². The summed E-state index contributed by atoms with van der Waals surface area (Å²) in [4.78, 5) is 0.0960. The minimum absolute atomic E-state index is 0.0960. The average molecular weight is 290 g/mol. The van der Waals surface area contributed by atoms with Gasteiger partial charge in [-0.2, -0.15) is 14.8 Å². The number of sulfonamides is 1. The van der Waals surface area contributed by atoms with Crippen molar-refractivity contribution in [3.8, 4) is 12.1 Å². The first-order valence-electron chi connectivity index (χ1n) is 6.13. The van der Waals surface area contributed by atoms with E-state index in [1.54, 1.807) is 19.1 Å². The van der Waals surface area contributed by atoms with Gasteiger partial charge in [0.05, 0.1) is 22.6 Å². The lowest BCUT2D eigenvalue weighted by Crippen LogP contribution is -2.52. The predicted octanol–water partition coefficient (Wildman–Crippen LogP) is 0.353. The summed E-state index contributed by atoms with van der Waals surface area (Å²) in [5, 5.41) is 21.0. The normalized spacial score (nSPS) is 20.1. The van der Waals surface area contributed by atoms with Gasteiger partial charge in [-0.1, -0.05) is 6.07 Å². The second-order valence-corrected chi connectivity index (χ2v) is 6.42. The molecule has 1 N–H and O–H groups in total. The lowest BCUT2D eigenvalue weighted by molar-refractivity contribution is 0.311. The van der Waals surface area contributed by atoms with Crippen LogP contribution in [0.5, 0.6) is 0 Å². The molecule has 0 spiro atoms. The molecule has 0 amide bonds. The molecule has 6 nitrogen and oxygen atoms in total. The average Bonchev–Trinajstić information content (AvgIpc) is 2.47. The third-order valence-corrected chi connectivity index (χ3v) is 5.30. The van der Waals surface area contributed by atoms with Gasteiger partial charge in [-0.15, -0.1) is 0 Å². The summed E-state index contributed by atoms with van der Waals surface area (Å²) in [7, 11) is -3.77. The van der Waals surface area contributed by atoms with Crippen molar-refractivity contribution in [2.75, 3.05) is 19.6 Å². The maximum absolute atomic E-state index is 12.7. The van der Waals surface area contributed by atoms with Gasteiger partial charge in [0, 0.05) is 19.6 Å². The van der Waals surface area contributed by atoms with Gasteiger partial charge in [0.25, 0.3) is 0 Å². The van der Waals surface area contributed by atoms with Crippen LogP contribution in [-0.4, -0.2) is 38.4 Å². The standard InChI is InChI=1S/C13H14N4O2S/c1-10-2-3-11(7-14)6-13(10)20(18,19)17-5-4-16-9-12(17)8-15/h2-3,6,12,16H,4-5,9H2,1H3. The fourth-order valence-electron chi connectivity index (χ4n) is 2.16. The molecule has 1 saturated heterocycles. The molecule has 1 fully saturated rings. The van der Waals surface area contributed by atoms with E-state index < -0.39 is 16.1 Å². The molecule has 0 aliphatic carbocycles. The first-order valence-corrected chi connectivity index (χ1v) is 7.57. The Labute approximate surface area is 118 Å². The lowest BCUT2D eigenvalue weighted by Gasteiger charge is -2.31. The quantitative estimate of drug-likeness (QED) is 0.847. The van der Waals surface area contributed by atoms with E-state index in [4.69, 9.17) is 10.5 Å². The van der Waals surface area contributed by atoms with Gasteiger partial charge in [0.1, 0.15) is 6.04 Å². The number of nitrogens with one attached hydrogen (secondary N) is 1. The molecule has 20 heavy (non-hydrogen) atoms. The second-order valence-electron chi connectivity index (χ2n) is 4.56. The van der Waals surface area contributed by atoms with Crippen LogP contribution in [0.15, 0.2) is 23.1 Å². The zero-order valence-electron chi connectivity index (χ0n) is 11.0. The first kappa shape index (κ1) is 14.5. The van der Waals surface area contributed by atoms with Crippen LogP contribution in [0.25, 0.3) is 0 Å². The second kappa shape index (κ2) is 5.59. The van der Waals surface area contributed by atoms with Gasteiger partial charge in [-0.25, -0.2) is 8.42 Å². The Kier molecular flexibility index (Phi) is 4.05. The maximum Gasteiger partial charge on any atom is 0.244 e. The summed E-state index contributed by atoms with van der Waals surface area (Å²) in [6, 6.07) is 7.75. The molecule has 1 heterocycles. The van der Waals surface area contributed by atoms with Crippen molar-refractivity contribution in [2.24, 2.45) is 0 Å². The smallest absolute Gasteiger partial charge is 0.244 e. The highest BCUT2D eigenvalue weighted by Gasteiger charge is 2.34. The number of aryl methyl sites for hydroxylation is 1. The Morgan fingerprint density at radius 1 is 1.40 bits per heavy atom. The molecular formula is C13H14N4O2S. The number of nitriles is 2. The highest BCUT2D eigenvalue weighted by Crippen LogP contribution is 2.23. The number of rotatable bonds is 2. The van der Waals surface area contributed by atoms with Gasteiger partial charge in [0.15, 0.2) is 0 Å². The van der Waals surface area contributed by atoms with E-state index >= 15 is 0 Å². The van der Waals surface area contributed by atoms with Crippen LogP contribution in [0.1, 0.15) is 11.1 Å². The Bertz CT molecular complexity index is 700.